The van der Waals surface area contributed by atoms with Crippen molar-refractivity contribution in [3.05, 3.63) is 24.3 Å². The Kier molecular flexibility index (Phi) is 3.98. The minimum Gasteiger partial charge on any atom is -0.436 e. The Balaban J connectivity index is 2.30. The van der Waals surface area contributed by atoms with Crippen LogP contribution in [-0.2, 0) is 6.18 Å². The van der Waals surface area contributed by atoms with Crippen molar-refractivity contribution < 1.29 is 17.9 Å². The summed E-state index contributed by atoms with van der Waals surface area (Å²) in [5.74, 6) is 3.52. The van der Waals surface area contributed by atoms with Crippen LogP contribution in [0.2, 0.25) is 0 Å². The number of alkyl halides is 3. The average Bonchev–Trinajstić information content (AvgIpc) is 2.86. The zero-order valence-corrected chi connectivity index (χ0v) is 11.2. The fourth-order valence-electron chi connectivity index (χ4n) is 1.45. The van der Waals surface area contributed by atoms with Gasteiger partial charge in [-0.25, -0.2) is 10.8 Å². The minimum absolute atomic E-state index is 0.0970. The summed E-state index contributed by atoms with van der Waals surface area (Å²) < 4.78 is 44.9. The van der Waals surface area contributed by atoms with E-state index in [1.54, 1.807) is 10.9 Å². The Hall–Kier alpha value is -2.36. The molecule has 2 rings (SSSR count). The minimum atomic E-state index is -4.70. The summed E-state index contributed by atoms with van der Waals surface area (Å²) in [6.07, 6.45) is -1.77. The van der Waals surface area contributed by atoms with Crippen molar-refractivity contribution in [3.63, 3.8) is 0 Å². The lowest BCUT2D eigenvalue weighted by molar-refractivity contribution is -0.145. The van der Waals surface area contributed by atoms with Gasteiger partial charge in [0, 0.05) is 12.1 Å². The van der Waals surface area contributed by atoms with Crippen LogP contribution < -0.4 is 16.0 Å². The Bertz CT molecular complexity index is 625. The molecule has 2 aromatic heterocycles. The summed E-state index contributed by atoms with van der Waals surface area (Å²) in [6, 6.07) is 1.25. The van der Waals surface area contributed by atoms with Gasteiger partial charge in [0.2, 0.25) is 11.7 Å². The number of nitrogens with one attached hydrogen (secondary N) is 1. The summed E-state index contributed by atoms with van der Waals surface area (Å²) in [7, 11) is 0. The molecule has 2 heterocycles. The van der Waals surface area contributed by atoms with Crippen molar-refractivity contribution >= 4 is 5.82 Å². The van der Waals surface area contributed by atoms with Crippen molar-refractivity contribution in [3.8, 4) is 11.6 Å². The third-order valence-electron chi connectivity index (χ3n) is 2.43. The van der Waals surface area contributed by atoms with E-state index in [4.69, 9.17) is 10.6 Å². The van der Waals surface area contributed by atoms with Gasteiger partial charge in [-0.2, -0.15) is 23.3 Å². The maximum Gasteiger partial charge on any atom is 0.451 e. The molecule has 0 aromatic carbocycles. The van der Waals surface area contributed by atoms with Crippen LogP contribution in [0.3, 0.4) is 0 Å². The molecule has 21 heavy (non-hydrogen) atoms. The van der Waals surface area contributed by atoms with Crippen molar-refractivity contribution in [2.45, 2.75) is 26.1 Å². The van der Waals surface area contributed by atoms with Crippen LogP contribution >= 0.6 is 0 Å². The van der Waals surface area contributed by atoms with E-state index in [0.29, 0.717) is 0 Å². The smallest absolute Gasteiger partial charge is 0.436 e. The van der Waals surface area contributed by atoms with Crippen LogP contribution in [0.4, 0.5) is 19.0 Å². The number of hydrogen-bond donors (Lipinski definition) is 2. The molecule has 0 unspecified atom stereocenters. The summed E-state index contributed by atoms with van der Waals surface area (Å²) >= 11 is 0. The van der Waals surface area contributed by atoms with E-state index >= 15 is 0 Å². The van der Waals surface area contributed by atoms with Gasteiger partial charge < -0.3 is 10.2 Å². The molecule has 0 atom stereocenters. The fraction of sp³-hybridized carbons (Fsp3) is 0.364. The Morgan fingerprint density at radius 3 is 2.57 bits per heavy atom. The zero-order chi connectivity index (χ0) is 15.6. The molecule has 0 fully saturated rings. The Labute approximate surface area is 117 Å². The monoisotopic (exact) mass is 302 g/mol. The second kappa shape index (κ2) is 5.56. The molecular weight excluding hydrogens is 289 g/mol. The SMILES string of the molecule is CC(C)n1cc(Oc2cc(NN)nc(C(F)(F)F)n2)cn1. The topological polar surface area (TPSA) is 90.9 Å². The zero-order valence-electron chi connectivity index (χ0n) is 11.2. The molecule has 0 aliphatic rings. The van der Waals surface area contributed by atoms with E-state index in [-0.39, 0.29) is 23.5 Å². The molecule has 7 nitrogen and oxygen atoms in total. The van der Waals surface area contributed by atoms with E-state index in [1.165, 1.54) is 6.20 Å². The highest BCUT2D eigenvalue weighted by Crippen LogP contribution is 2.30. The molecule has 0 bridgehead atoms. The molecule has 10 heteroatoms. The summed E-state index contributed by atoms with van der Waals surface area (Å²) in [4.78, 5) is 6.54. The highest BCUT2D eigenvalue weighted by Gasteiger charge is 2.35. The standard InChI is InChI=1S/C11H13F3N6O/c1-6(2)20-5-7(4-16-20)21-9-3-8(19-15)17-10(18-9)11(12,13)14/h3-6H,15H2,1-2H3,(H,17,18,19). The van der Waals surface area contributed by atoms with Crippen molar-refractivity contribution in [1.29, 1.82) is 0 Å². The largest absolute Gasteiger partial charge is 0.451 e. The fourth-order valence-corrected chi connectivity index (χ4v) is 1.45. The first-order valence-corrected chi connectivity index (χ1v) is 5.94. The van der Waals surface area contributed by atoms with Gasteiger partial charge in [0.05, 0.1) is 12.4 Å². The van der Waals surface area contributed by atoms with Crippen molar-refractivity contribution in [2.24, 2.45) is 5.84 Å². The van der Waals surface area contributed by atoms with Crippen molar-refractivity contribution in [2.75, 3.05) is 5.43 Å². The number of nitrogens with zero attached hydrogens (tertiary/aromatic N) is 4. The maximum absolute atomic E-state index is 12.7. The summed E-state index contributed by atoms with van der Waals surface area (Å²) in [5.41, 5.74) is 2.04. The lowest BCUT2D eigenvalue weighted by Crippen LogP contribution is -2.16. The van der Waals surface area contributed by atoms with Gasteiger partial charge in [-0.3, -0.25) is 4.68 Å². The van der Waals surface area contributed by atoms with Gasteiger partial charge in [-0.15, -0.1) is 0 Å². The van der Waals surface area contributed by atoms with E-state index in [1.807, 2.05) is 19.3 Å². The van der Waals surface area contributed by atoms with E-state index in [9.17, 15) is 13.2 Å². The number of ether oxygens (including phenoxy) is 1. The summed E-state index contributed by atoms with van der Waals surface area (Å²) in [6.45, 7) is 3.80. The van der Waals surface area contributed by atoms with E-state index < -0.39 is 12.0 Å². The van der Waals surface area contributed by atoms with E-state index in [0.717, 1.165) is 6.07 Å². The average molecular weight is 302 g/mol. The van der Waals surface area contributed by atoms with Crippen LogP contribution in [0.1, 0.15) is 25.7 Å². The van der Waals surface area contributed by atoms with Gasteiger partial charge in [-0.1, -0.05) is 0 Å². The third kappa shape index (κ3) is 3.60. The van der Waals surface area contributed by atoms with Crippen LogP contribution in [0.5, 0.6) is 11.6 Å². The first kappa shape index (κ1) is 15.0. The highest BCUT2D eigenvalue weighted by molar-refractivity contribution is 5.38. The summed E-state index contributed by atoms with van der Waals surface area (Å²) in [5, 5.41) is 4.01. The molecule has 2 aromatic rings. The first-order valence-electron chi connectivity index (χ1n) is 5.94. The molecule has 114 valence electrons. The van der Waals surface area contributed by atoms with Crippen LogP contribution in [0.25, 0.3) is 0 Å². The Morgan fingerprint density at radius 1 is 1.33 bits per heavy atom. The van der Waals surface area contributed by atoms with E-state index in [2.05, 4.69) is 15.1 Å². The predicted molar refractivity (Wildman–Crippen MR) is 67.5 cm³/mol. The third-order valence-corrected chi connectivity index (χ3v) is 2.43. The molecule has 0 spiro atoms. The van der Waals surface area contributed by atoms with Gasteiger partial charge in [0.15, 0.2) is 5.75 Å². The van der Waals surface area contributed by atoms with Crippen LogP contribution in [0, 0.1) is 0 Å². The van der Waals surface area contributed by atoms with Gasteiger partial charge in [0.1, 0.15) is 5.82 Å². The number of anilines is 1. The van der Waals surface area contributed by atoms with Gasteiger partial charge in [0.25, 0.3) is 0 Å². The quantitative estimate of drug-likeness (QED) is 0.665. The van der Waals surface area contributed by atoms with Gasteiger partial charge in [-0.05, 0) is 13.8 Å². The second-order valence-corrected chi connectivity index (χ2v) is 4.41. The first-order chi connectivity index (χ1) is 9.79. The lowest BCUT2D eigenvalue weighted by atomic mass is 10.4. The molecular formula is C11H13F3N6O. The number of aromatic nitrogens is 4. The molecule has 0 saturated heterocycles. The normalized spacial score (nSPS) is 11.8. The molecule has 0 radical (unpaired) electrons. The lowest BCUT2D eigenvalue weighted by Gasteiger charge is -2.09. The number of rotatable bonds is 4. The second-order valence-electron chi connectivity index (χ2n) is 4.41. The Morgan fingerprint density at radius 2 is 2.05 bits per heavy atom. The van der Waals surface area contributed by atoms with Crippen molar-refractivity contribution in [1.82, 2.24) is 19.7 Å². The number of hydrogen-bond acceptors (Lipinski definition) is 6. The molecule has 0 amide bonds. The van der Waals surface area contributed by atoms with Gasteiger partial charge >= 0.3 is 6.18 Å². The number of nitrogens with two attached hydrogens (primary N) is 1. The molecule has 0 saturated carbocycles. The highest BCUT2D eigenvalue weighted by atomic mass is 19.4. The number of nitrogen functional groups attached to an aromatic ring is 1. The maximum atomic E-state index is 12.7. The molecule has 0 aliphatic heterocycles. The van der Waals surface area contributed by atoms with Crippen LogP contribution in [-0.4, -0.2) is 19.7 Å². The molecule has 0 aliphatic carbocycles. The molecule has 3 N–H and O–H groups in total. The van der Waals surface area contributed by atoms with Crippen LogP contribution in [0.15, 0.2) is 18.5 Å². The number of hydrazine groups is 1. The number of halogens is 3. The predicted octanol–water partition coefficient (Wildman–Crippen LogP) is 2.35.